The topological polar surface area (TPSA) is 103 Å². The van der Waals surface area contributed by atoms with E-state index in [4.69, 9.17) is 5.41 Å². The quantitative estimate of drug-likeness (QED) is 0.353. The zero-order chi connectivity index (χ0) is 24.7. The Balaban J connectivity index is 0.00000158. The van der Waals surface area contributed by atoms with Crippen molar-refractivity contribution in [3.05, 3.63) is 82.2 Å². The van der Waals surface area contributed by atoms with Gasteiger partial charge in [-0.1, -0.05) is 37.3 Å². The number of nitrogens with one attached hydrogen (secondary N) is 3. The number of halogens is 2. The molecule has 1 fully saturated rings. The molecule has 1 saturated carbocycles. The highest BCUT2D eigenvalue weighted by Gasteiger charge is 2.44. The SMILES string of the molecule is CC1(C(CO)Nc2cc(-n3ccc(NCc4ccccc4)c(C=N)c3=O)c(F)cn2)CC1.CF. The molecule has 1 unspecified atom stereocenters. The maximum absolute atomic E-state index is 14.6. The van der Waals surface area contributed by atoms with E-state index in [2.05, 4.69) is 22.5 Å². The highest BCUT2D eigenvalue weighted by molar-refractivity contribution is 5.85. The molecule has 1 aliphatic rings. The van der Waals surface area contributed by atoms with Gasteiger partial charge in [0.25, 0.3) is 5.56 Å². The van der Waals surface area contributed by atoms with E-state index < -0.39 is 11.4 Å². The van der Waals surface area contributed by atoms with Crippen LogP contribution in [0.25, 0.3) is 5.69 Å². The Hall–Kier alpha value is -3.59. The van der Waals surface area contributed by atoms with E-state index in [0.29, 0.717) is 25.2 Å². The molecule has 2 heterocycles. The zero-order valence-electron chi connectivity index (χ0n) is 19.2. The molecule has 0 spiro atoms. The predicted octanol–water partition coefficient (Wildman–Crippen LogP) is 4.14. The Morgan fingerprint density at radius 1 is 1.26 bits per heavy atom. The van der Waals surface area contributed by atoms with Crippen molar-refractivity contribution < 1.29 is 13.9 Å². The summed E-state index contributed by atoms with van der Waals surface area (Å²) in [5.41, 5.74) is 1.17. The lowest BCUT2D eigenvalue weighted by Crippen LogP contribution is -2.33. The number of anilines is 2. The second kappa shape index (κ2) is 11.0. The molecule has 0 saturated heterocycles. The molecule has 7 nitrogen and oxygen atoms in total. The van der Waals surface area contributed by atoms with Crippen molar-refractivity contribution in [3.8, 4) is 5.69 Å². The van der Waals surface area contributed by atoms with Gasteiger partial charge in [-0.25, -0.2) is 9.37 Å². The Bertz CT molecular complexity index is 1180. The van der Waals surface area contributed by atoms with Crippen LogP contribution in [0.3, 0.4) is 0 Å². The summed E-state index contributed by atoms with van der Waals surface area (Å²) in [6.07, 6.45) is 5.51. The van der Waals surface area contributed by atoms with E-state index in [-0.39, 0.29) is 29.3 Å². The van der Waals surface area contributed by atoms with Gasteiger partial charge in [-0.2, -0.15) is 0 Å². The molecule has 4 N–H and O–H groups in total. The second-order valence-corrected chi connectivity index (χ2v) is 8.36. The molecule has 1 aliphatic carbocycles. The Morgan fingerprint density at radius 3 is 2.59 bits per heavy atom. The van der Waals surface area contributed by atoms with Crippen molar-refractivity contribution in [2.24, 2.45) is 5.41 Å². The first-order chi connectivity index (χ1) is 16.4. The lowest BCUT2D eigenvalue weighted by Gasteiger charge is -2.23. The van der Waals surface area contributed by atoms with E-state index in [1.54, 1.807) is 6.07 Å². The summed E-state index contributed by atoms with van der Waals surface area (Å²) in [4.78, 5) is 17.1. The summed E-state index contributed by atoms with van der Waals surface area (Å²) < 4.78 is 25.3. The van der Waals surface area contributed by atoms with Gasteiger partial charge in [0.05, 0.1) is 43.0 Å². The maximum Gasteiger partial charge on any atom is 0.266 e. The van der Waals surface area contributed by atoms with E-state index >= 15 is 0 Å². The van der Waals surface area contributed by atoms with Crippen molar-refractivity contribution in [1.29, 1.82) is 5.41 Å². The van der Waals surface area contributed by atoms with Gasteiger partial charge in [-0.05, 0) is 29.9 Å². The smallest absolute Gasteiger partial charge is 0.266 e. The summed E-state index contributed by atoms with van der Waals surface area (Å²) in [5, 5.41) is 23.8. The third-order valence-corrected chi connectivity index (χ3v) is 6.08. The van der Waals surface area contributed by atoms with Crippen LogP contribution in [0.5, 0.6) is 0 Å². The van der Waals surface area contributed by atoms with Crippen LogP contribution in [-0.4, -0.2) is 40.7 Å². The third-order valence-electron chi connectivity index (χ3n) is 6.08. The predicted molar refractivity (Wildman–Crippen MR) is 130 cm³/mol. The number of hydrogen-bond acceptors (Lipinski definition) is 6. The van der Waals surface area contributed by atoms with Crippen molar-refractivity contribution in [3.63, 3.8) is 0 Å². The first-order valence-corrected chi connectivity index (χ1v) is 10.9. The molecule has 2 aromatic heterocycles. The van der Waals surface area contributed by atoms with Crippen molar-refractivity contribution in [2.45, 2.75) is 32.4 Å². The number of aromatic nitrogens is 2. The normalized spacial score (nSPS) is 14.4. The van der Waals surface area contributed by atoms with E-state index in [0.717, 1.165) is 30.8 Å². The highest BCUT2D eigenvalue weighted by atomic mass is 19.1. The molecule has 0 radical (unpaired) electrons. The van der Waals surface area contributed by atoms with E-state index in [9.17, 15) is 18.7 Å². The molecule has 1 aromatic carbocycles. The number of benzene rings is 1. The first kappa shape index (κ1) is 25.0. The summed E-state index contributed by atoms with van der Waals surface area (Å²) in [6.45, 7) is 2.50. The van der Waals surface area contributed by atoms with Crippen LogP contribution < -0.4 is 16.2 Å². The van der Waals surface area contributed by atoms with E-state index in [1.807, 2.05) is 30.3 Å². The number of aliphatic hydroxyl groups excluding tert-OH is 1. The molecule has 0 amide bonds. The Labute approximate surface area is 197 Å². The molecular formula is C25H29F2N5O2. The number of rotatable bonds is 9. The second-order valence-electron chi connectivity index (χ2n) is 8.36. The molecule has 0 bridgehead atoms. The molecule has 9 heteroatoms. The fraction of sp³-hybridized carbons (Fsp3) is 0.320. The largest absolute Gasteiger partial charge is 0.394 e. The van der Waals surface area contributed by atoms with Gasteiger partial charge in [0.1, 0.15) is 5.82 Å². The van der Waals surface area contributed by atoms with Crippen molar-refractivity contribution in [2.75, 3.05) is 24.4 Å². The maximum atomic E-state index is 14.6. The van der Waals surface area contributed by atoms with Crippen LogP contribution in [0.2, 0.25) is 0 Å². The van der Waals surface area contributed by atoms with Gasteiger partial charge in [-0.3, -0.25) is 13.8 Å². The Kier molecular flexibility index (Phi) is 8.12. The number of alkyl halides is 1. The number of hydrogen-bond donors (Lipinski definition) is 4. The third kappa shape index (κ3) is 5.48. The first-order valence-electron chi connectivity index (χ1n) is 10.9. The molecule has 180 valence electrons. The number of nitrogens with zero attached hydrogens (tertiary/aromatic N) is 2. The standard InChI is InChI=1S/C24H26FN5O2.CH3F/c1-24(8-9-24)21(15-31)29-22-11-20(18(25)14-28-22)30-10-7-19(17(12-26)23(30)32)27-13-16-5-3-2-4-6-16;1-2/h2-7,10-12,14,21,26-27,31H,8-9,13,15H2,1H3,(H,28,29);1H3. The van der Waals surface area contributed by atoms with Gasteiger partial charge in [-0.15, -0.1) is 0 Å². The summed E-state index contributed by atoms with van der Waals surface area (Å²) in [6, 6.07) is 12.6. The molecular weight excluding hydrogens is 440 g/mol. The van der Waals surface area contributed by atoms with Gasteiger partial charge in [0.2, 0.25) is 0 Å². The lowest BCUT2D eigenvalue weighted by atomic mass is 10.00. The van der Waals surface area contributed by atoms with Gasteiger partial charge >= 0.3 is 0 Å². The minimum absolute atomic E-state index is 0.0127. The minimum atomic E-state index is -0.656. The van der Waals surface area contributed by atoms with Crippen molar-refractivity contribution in [1.82, 2.24) is 9.55 Å². The fourth-order valence-electron chi connectivity index (χ4n) is 3.68. The lowest BCUT2D eigenvalue weighted by molar-refractivity contribution is 0.235. The molecule has 4 rings (SSSR count). The van der Waals surface area contributed by atoms with Crippen LogP contribution in [0, 0.1) is 16.6 Å². The van der Waals surface area contributed by atoms with Gasteiger partial charge < -0.3 is 21.1 Å². The monoisotopic (exact) mass is 469 g/mol. The van der Waals surface area contributed by atoms with Crippen LogP contribution >= 0.6 is 0 Å². The molecule has 34 heavy (non-hydrogen) atoms. The van der Waals surface area contributed by atoms with Crippen LogP contribution in [0.1, 0.15) is 30.9 Å². The zero-order valence-corrected chi connectivity index (χ0v) is 19.2. The molecule has 3 aromatic rings. The van der Waals surface area contributed by atoms with E-state index in [1.165, 1.54) is 16.8 Å². The Morgan fingerprint density at radius 2 is 1.97 bits per heavy atom. The highest BCUT2D eigenvalue weighted by Crippen LogP contribution is 2.48. The average molecular weight is 470 g/mol. The molecule has 0 aliphatic heterocycles. The summed E-state index contributed by atoms with van der Waals surface area (Å²) >= 11 is 0. The van der Waals surface area contributed by atoms with Crippen LogP contribution in [-0.2, 0) is 6.54 Å². The summed E-state index contributed by atoms with van der Waals surface area (Å²) in [7, 11) is 0.500. The van der Waals surface area contributed by atoms with Gasteiger partial charge in [0.15, 0.2) is 5.82 Å². The van der Waals surface area contributed by atoms with Crippen molar-refractivity contribution >= 4 is 17.7 Å². The fourth-order valence-corrected chi connectivity index (χ4v) is 3.68. The summed E-state index contributed by atoms with van der Waals surface area (Å²) in [5.74, 6) is -0.278. The average Bonchev–Trinajstić information content (AvgIpc) is 3.62. The van der Waals surface area contributed by atoms with Crippen LogP contribution in [0.15, 0.2) is 59.7 Å². The number of aliphatic hydroxyl groups is 1. The van der Waals surface area contributed by atoms with Crippen LogP contribution in [0.4, 0.5) is 20.3 Å². The van der Waals surface area contributed by atoms with Gasteiger partial charge in [0, 0.05) is 25.0 Å². The minimum Gasteiger partial charge on any atom is -0.394 e. The molecule has 1 atom stereocenters. The number of pyridine rings is 2.